The van der Waals surface area contributed by atoms with Crippen LogP contribution in [0.3, 0.4) is 0 Å². The van der Waals surface area contributed by atoms with E-state index in [9.17, 15) is 9.18 Å². The molecule has 1 unspecified atom stereocenters. The molecule has 0 aliphatic heterocycles. The van der Waals surface area contributed by atoms with Gasteiger partial charge in [-0.25, -0.2) is 4.39 Å². The number of carbonyl (C=O) groups excluding carboxylic acids is 1. The standard InChI is InChI=1S/C16H21FN4O2/c1-9(2)13-8-14(10(3)17)21(19-13)16-18-15(23-20-16)11-4-6-12(22)7-5-11/h8-11H,4-7H2,1-3H3. The van der Waals surface area contributed by atoms with E-state index in [4.69, 9.17) is 4.52 Å². The minimum atomic E-state index is -1.18. The van der Waals surface area contributed by atoms with Gasteiger partial charge in [-0.2, -0.15) is 14.8 Å². The number of nitrogens with zero attached hydrogens (tertiary/aromatic N) is 4. The highest BCUT2D eigenvalue weighted by Crippen LogP contribution is 2.31. The van der Waals surface area contributed by atoms with Crippen LogP contribution in [0.5, 0.6) is 0 Å². The molecule has 7 heteroatoms. The third-order valence-corrected chi connectivity index (χ3v) is 4.27. The Kier molecular flexibility index (Phi) is 4.28. The number of ketones is 1. The number of hydrogen-bond acceptors (Lipinski definition) is 5. The minimum absolute atomic E-state index is 0.0975. The molecule has 2 aromatic rings. The molecule has 0 radical (unpaired) electrons. The molecule has 1 aliphatic carbocycles. The van der Waals surface area contributed by atoms with E-state index in [2.05, 4.69) is 15.2 Å². The third-order valence-electron chi connectivity index (χ3n) is 4.27. The zero-order valence-corrected chi connectivity index (χ0v) is 13.6. The molecule has 6 nitrogen and oxygen atoms in total. The molecule has 0 saturated heterocycles. The summed E-state index contributed by atoms with van der Waals surface area (Å²) >= 11 is 0. The maximum Gasteiger partial charge on any atom is 0.291 e. The lowest BCUT2D eigenvalue weighted by molar-refractivity contribution is -0.120. The first-order chi connectivity index (χ1) is 11.0. The summed E-state index contributed by atoms with van der Waals surface area (Å²) in [6.45, 7) is 5.46. The fraction of sp³-hybridized carbons (Fsp3) is 0.625. The Morgan fingerprint density at radius 2 is 2.00 bits per heavy atom. The SMILES string of the molecule is CC(C)c1cc(C(C)F)n(-c2noc(C3CCC(=O)CC3)n2)n1. The average Bonchev–Trinajstić information content (AvgIpc) is 3.14. The van der Waals surface area contributed by atoms with Gasteiger partial charge in [-0.05, 0) is 36.9 Å². The normalized spacial score (nSPS) is 17.9. The van der Waals surface area contributed by atoms with Crippen molar-refractivity contribution in [1.82, 2.24) is 19.9 Å². The Morgan fingerprint density at radius 1 is 1.30 bits per heavy atom. The summed E-state index contributed by atoms with van der Waals surface area (Å²) in [5.41, 5.74) is 1.21. The third kappa shape index (κ3) is 3.18. The van der Waals surface area contributed by atoms with Gasteiger partial charge in [0.05, 0.1) is 11.4 Å². The van der Waals surface area contributed by atoms with E-state index in [1.165, 1.54) is 11.6 Å². The Morgan fingerprint density at radius 3 is 2.61 bits per heavy atom. The topological polar surface area (TPSA) is 73.8 Å². The minimum Gasteiger partial charge on any atom is -0.337 e. The largest absolute Gasteiger partial charge is 0.337 e. The molecule has 2 heterocycles. The van der Waals surface area contributed by atoms with Crippen LogP contribution in [0, 0.1) is 0 Å². The second kappa shape index (κ2) is 6.22. The maximum absolute atomic E-state index is 13.9. The quantitative estimate of drug-likeness (QED) is 0.860. The van der Waals surface area contributed by atoms with Gasteiger partial charge in [0.25, 0.3) is 5.95 Å². The van der Waals surface area contributed by atoms with Crippen molar-refractivity contribution in [3.8, 4) is 5.95 Å². The molecule has 3 rings (SSSR count). The molecule has 0 amide bonds. The fourth-order valence-corrected chi connectivity index (χ4v) is 2.81. The summed E-state index contributed by atoms with van der Waals surface area (Å²) in [7, 11) is 0. The summed E-state index contributed by atoms with van der Waals surface area (Å²) in [5, 5.41) is 8.37. The zero-order chi connectivity index (χ0) is 16.6. The predicted molar refractivity (Wildman–Crippen MR) is 81.2 cm³/mol. The smallest absolute Gasteiger partial charge is 0.291 e. The predicted octanol–water partition coefficient (Wildman–Crippen LogP) is 3.64. The van der Waals surface area contributed by atoms with Crippen LogP contribution in [0.25, 0.3) is 5.95 Å². The number of halogens is 1. The van der Waals surface area contributed by atoms with E-state index in [0.717, 1.165) is 18.5 Å². The van der Waals surface area contributed by atoms with Gasteiger partial charge in [0, 0.05) is 18.8 Å². The fourth-order valence-electron chi connectivity index (χ4n) is 2.81. The van der Waals surface area contributed by atoms with E-state index in [0.29, 0.717) is 24.4 Å². The van der Waals surface area contributed by atoms with Crippen LogP contribution >= 0.6 is 0 Å². The van der Waals surface area contributed by atoms with Gasteiger partial charge >= 0.3 is 0 Å². The summed E-state index contributed by atoms with van der Waals surface area (Å²) in [4.78, 5) is 15.7. The highest BCUT2D eigenvalue weighted by molar-refractivity contribution is 5.79. The lowest BCUT2D eigenvalue weighted by atomic mass is 9.88. The molecule has 2 aromatic heterocycles. The van der Waals surface area contributed by atoms with Crippen LogP contribution in [-0.2, 0) is 4.79 Å². The summed E-state index contributed by atoms with van der Waals surface area (Å²) in [6, 6.07) is 1.74. The molecule has 1 saturated carbocycles. The van der Waals surface area contributed by atoms with E-state index >= 15 is 0 Å². The van der Waals surface area contributed by atoms with Crippen molar-refractivity contribution in [3.63, 3.8) is 0 Å². The second-order valence-corrected chi connectivity index (χ2v) is 6.42. The molecule has 1 fully saturated rings. The lowest BCUT2D eigenvalue weighted by Crippen LogP contribution is -2.13. The monoisotopic (exact) mass is 320 g/mol. The van der Waals surface area contributed by atoms with Gasteiger partial charge < -0.3 is 4.52 Å². The van der Waals surface area contributed by atoms with Crippen molar-refractivity contribution in [2.45, 2.75) is 64.5 Å². The molecule has 23 heavy (non-hydrogen) atoms. The Hall–Kier alpha value is -2.05. The summed E-state index contributed by atoms with van der Waals surface area (Å²) in [5.74, 6) is 1.32. The Bertz CT molecular complexity index is 695. The van der Waals surface area contributed by atoms with Gasteiger partial charge in [0.1, 0.15) is 12.0 Å². The highest BCUT2D eigenvalue weighted by Gasteiger charge is 2.26. The van der Waals surface area contributed by atoms with Crippen molar-refractivity contribution in [2.75, 3.05) is 0 Å². The van der Waals surface area contributed by atoms with Crippen molar-refractivity contribution in [2.24, 2.45) is 0 Å². The van der Waals surface area contributed by atoms with Gasteiger partial charge in [0.15, 0.2) is 0 Å². The molecule has 0 spiro atoms. The van der Waals surface area contributed by atoms with Gasteiger partial charge in [-0.15, -0.1) is 0 Å². The number of rotatable bonds is 4. The molecule has 0 aromatic carbocycles. The Labute approximate surface area is 134 Å². The maximum atomic E-state index is 13.9. The van der Waals surface area contributed by atoms with Crippen molar-refractivity contribution < 1.29 is 13.7 Å². The van der Waals surface area contributed by atoms with E-state index < -0.39 is 6.17 Å². The van der Waals surface area contributed by atoms with Gasteiger partial charge in [-0.3, -0.25) is 4.79 Å². The van der Waals surface area contributed by atoms with Crippen LogP contribution in [0.15, 0.2) is 10.6 Å². The molecule has 124 valence electrons. The number of Topliss-reactive ketones (excluding diaryl/α,β-unsaturated/α-hetero) is 1. The number of alkyl halides is 1. The summed E-state index contributed by atoms with van der Waals surface area (Å²) < 4.78 is 20.6. The van der Waals surface area contributed by atoms with Crippen LogP contribution in [-0.4, -0.2) is 25.7 Å². The molecular formula is C16H21FN4O2. The number of hydrogen-bond donors (Lipinski definition) is 0. The van der Waals surface area contributed by atoms with Crippen molar-refractivity contribution >= 4 is 5.78 Å². The first-order valence-electron chi connectivity index (χ1n) is 8.05. The molecular weight excluding hydrogens is 299 g/mol. The first-order valence-corrected chi connectivity index (χ1v) is 8.05. The lowest BCUT2D eigenvalue weighted by Gasteiger charge is -2.16. The summed E-state index contributed by atoms with van der Waals surface area (Å²) in [6.07, 6.45) is 1.37. The van der Waals surface area contributed by atoms with Gasteiger partial charge in [-0.1, -0.05) is 13.8 Å². The molecule has 1 aliphatic rings. The van der Waals surface area contributed by atoms with Crippen LogP contribution in [0.2, 0.25) is 0 Å². The van der Waals surface area contributed by atoms with E-state index in [-0.39, 0.29) is 23.6 Å². The van der Waals surface area contributed by atoms with Gasteiger partial charge in [0.2, 0.25) is 5.89 Å². The average molecular weight is 320 g/mol. The van der Waals surface area contributed by atoms with Crippen molar-refractivity contribution in [3.05, 3.63) is 23.3 Å². The van der Waals surface area contributed by atoms with E-state index in [1.54, 1.807) is 6.07 Å². The van der Waals surface area contributed by atoms with Crippen LogP contribution < -0.4 is 0 Å². The number of carbonyl (C=O) groups is 1. The highest BCUT2D eigenvalue weighted by atomic mass is 19.1. The number of aromatic nitrogens is 4. The molecule has 0 bridgehead atoms. The first kappa shape index (κ1) is 15.8. The zero-order valence-electron chi connectivity index (χ0n) is 13.6. The van der Waals surface area contributed by atoms with Crippen LogP contribution in [0.1, 0.15) is 81.7 Å². The van der Waals surface area contributed by atoms with Crippen LogP contribution in [0.4, 0.5) is 4.39 Å². The molecule has 1 atom stereocenters. The van der Waals surface area contributed by atoms with E-state index in [1.807, 2.05) is 13.8 Å². The second-order valence-electron chi connectivity index (χ2n) is 6.42. The molecule has 0 N–H and O–H groups in total. The Balaban J connectivity index is 1.89. The van der Waals surface area contributed by atoms with Crippen molar-refractivity contribution in [1.29, 1.82) is 0 Å².